The molecule has 1 atom stereocenters. The Bertz CT molecular complexity index is 1100. The summed E-state index contributed by atoms with van der Waals surface area (Å²) in [6.07, 6.45) is 5.20. The Hall–Kier alpha value is -2.24. The van der Waals surface area contributed by atoms with E-state index in [1.54, 1.807) is 0 Å². The lowest BCUT2D eigenvalue weighted by Crippen LogP contribution is -2.41. The molecule has 174 valence electrons. The van der Waals surface area contributed by atoms with Crippen molar-refractivity contribution in [2.75, 3.05) is 30.8 Å². The van der Waals surface area contributed by atoms with Gasteiger partial charge in [0.05, 0.1) is 43.1 Å². The largest absolute Gasteiger partial charge is 0.474 e. The van der Waals surface area contributed by atoms with E-state index in [2.05, 4.69) is 15.4 Å². The van der Waals surface area contributed by atoms with E-state index in [1.165, 1.54) is 23.0 Å². The summed E-state index contributed by atoms with van der Waals surface area (Å²) in [5.41, 5.74) is -0.128. The van der Waals surface area contributed by atoms with Crippen LogP contribution in [-0.2, 0) is 14.6 Å². The van der Waals surface area contributed by atoms with E-state index in [4.69, 9.17) is 21.1 Å². The van der Waals surface area contributed by atoms with E-state index < -0.39 is 26.5 Å². The van der Waals surface area contributed by atoms with Gasteiger partial charge in [0, 0.05) is 12.6 Å². The minimum atomic E-state index is -3.24. The van der Waals surface area contributed by atoms with Gasteiger partial charge >= 0.3 is 0 Å². The van der Waals surface area contributed by atoms with Gasteiger partial charge in [-0.3, -0.25) is 4.79 Å². The highest BCUT2D eigenvalue weighted by atomic mass is 35.5. The maximum Gasteiger partial charge on any atom is 0.287 e. The molecule has 0 radical (unpaired) electrons. The lowest BCUT2D eigenvalue weighted by molar-refractivity contribution is 0.123. The Kier molecular flexibility index (Phi) is 6.96. The Labute approximate surface area is 189 Å². The maximum absolute atomic E-state index is 13.0. The van der Waals surface area contributed by atoms with Crippen LogP contribution in [0.25, 0.3) is 0 Å². The summed E-state index contributed by atoms with van der Waals surface area (Å²) in [7, 11) is -3.24. The molecule has 1 saturated heterocycles. The molecule has 0 spiro atoms. The molecule has 4 rings (SSSR count). The molecule has 2 aliphatic rings. The summed E-state index contributed by atoms with van der Waals surface area (Å²) < 4.78 is 49.6. The van der Waals surface area contributed by atoms with Gasteiger partial charge in [-0.1, -0.05) is 11.6 Å². The average Bonchev–Trinajstić information content (AvgIpc) is 2.78. The van der Waals surface area contributed by atoms with Crippen LogP contribution in [0.15, 0.2) is 29.3 Å². The predicted octanol–water partition coefficient (Wildman–Crippen LogP) is 2.22. The van der Waals surface area contributed by atoms with Crippen LogP contribution in [0.2, 0.25) is 5.02 Å². The fourth-order valence-corrected chi connectivity index (χ4v) is 5.43. The van der Waals surface area contributed by atoms with Crippen molar-refractivity contribution in [3.8, 4) is 5.88 Å². The van der Waals surface area contributed by atoms with Gasteiger partial charge in [0.15, 0.2) is 9.84 Å². The molecule has 2 fully saturated rings. The number of anilines is 1. The Morgan fingerprint density at radius 1 is 1.25 bits per heavy atom. The molecule has 0 amide bonds. The Balaban J connectivity index is 1.36. The summed E-state index contributed by atoms with van der Waals surface area (Å²) in [5.74, 6) is -0.0692. The number of rotatable bonds is 6. The molecule has 32 heavy (non-hydrogen) atoms. The normalized spacial score (nSPS) is 25.2. The number of sulfone groups is 1. The first kappa shape index (κ1) is 22.9. The van der Waals surface area contributed by atoms with E-state index >= 15 is 0 Å². The lowest BCUT2D eigenvalue weighted by Gasteiger charge is -2.29. The number of nitrogens with one attached hydrogen (secondary N) is 1. The van der Waals surface area contributed by atoms with Gasteiger partial charge in [0.1, 0.15) is 22.2 Å². The first-order valence-electron chi connectivity index (χ1n) is 10.4. The van der Waals surface area contributed by atoms with Crippen molar-refractivity contribution in [2.24, 2.45) is 0 Å². The van der Waals surface area contributed by atoms with Crippen molar-refractivity contribution < 1.29 is 22.3 Å². The van der Waals surface area contributed by atoms with Crippen molar-refractivity contribution in [3.63, 3.8) is 0 Å². The number of halogens is 2. The predicted molar refractivity (Wildman–Crippen MR) is 117 cm³/mol. The summed E-state index contributed by atoms with van der Waals surface area (Å²) in [6, 6.07) is 2.66. The Morgan fingerprint density at radius 3 is 2.72 bits per heavy atom. The van der Waals surface area contributed by atoms with Gasteiger partial charge in [0.2, 0.25) is 5.88 Å². The van der Waals surface area contributed by atoms with Gasteiger partial charge in [-0.15, -0.1) is 0 Å². The SMILES string of the molecule is O=c1c(Cl)c(NC[C@H]2COCCS2(=O)=O)cnn1[C@H]1CC[C@H](Oc2ccc(F)cn2)CC1. The van der Waals surface area contributed by atoms with Crippen LogP contribution >= 0.6 is 11.6 Å². The third-order valence-corrected chi connectivity index (χ3v) is 8.18. The third-order valence-electron chi connectivity index (χ3n) is 5.76. The van der Waals surface area contributed by atoms with E-state index in [-0.39, 0.29) is 42.7 Å². The molecule has 1 N–H and O–H groups in total. The molecule has 1 saturated carbocycles. The van der Waals surface area contributed by atoms with Crippen molar-refractivity contribution in [2.45, 2.75) is 43.1 Å². The van der Waals surface area contributed by atoms with Gasteiger partial charge in [0.25, 0.3) is 5.56 Å². The minimum Gasteiger partial charge on any atom is -0.474 e. The van der Waals surface area contributed by atoms with Crippen LogP contribution in [0, 0.1) is 5.82 Å². The quantitative estimate of drug-likeness (QED) is 0.661. The van der Waals surface area contributed by atoms with Crippen LogP contribution in [0.3, 0.4) is 0 Å². The highest BCUT2D eigenvalue weighted by molar-refractivity contribution is 7.92. The number of ether oxygens (including phenoxy) is 2. The van der Waals surface area contributed by atoms with Crippen molar-refractivity contribution in [1.29, 1.82) is 0 Å². The molecule has 0 bridgehead atoms. The summed E-state index contributed by atoms with van der Waals surface area (Å²) in [4.78, 5) is 16.7. The maximum atomic E-state index is 13.0. The first-order chi connectivity index (χ1) is 15.3. The van der Waals surface area contributed by atoms with Crippen LogP contribution in [0.4, 0.5) is 10.1 Å². The zero-order valence-electron chi connectivity index (χ0n) is 17.2. The van der Waals surface area contributed by atoms with Crippen molar-refractivity contribution >= 4 is 27.1 Å². The summed E-state index contributed by atoms with van der Waals surface area (Å²) >= 11 is 6.28. The summed E-state index contributed by atoms with van der Waals surface area (Å²) in [5, 5.41) is 6.47. The smallest absolute Gasteiger partial charge is 0.287 e. The number of pyridine rings is 1. The molecule has 1 aliphatic heterocycles. The van der Waals surface area contributed by atoms with E-state index in [1.807, 2.05) is 0 Å². The first-order valence-corrected chi connectivity index (χ1v) is 12.5. The number of hydrogen-bond acceptors (Lipinski definition) is 8. The van der Waals surface area contributed by atoms with Crippen LogP contribution in [0.5, 0.6) is 5.88 Å². The fourth-order valence-electron chi connectivity index (χ4n) is 3.91. The molecule has 0 unspecified atom stereocenters. The molecule has 12 heteroatoms. The molecular formula is C20H24ClFN4O5S. The van der Waals surface area contributed by atoms with E-state index in [9.17, 15) is 17.6 Å². The average molecular weight is 487 g/mol. The lowest BCUT2D eigenvalue weighted by atomic mass is 9.93. The second-order valence-corrected chi connectivity index (χ2v) is 10.7. The van der Waals surface area contributed by atoms with Crippen molar-refractivity contribution in [1.82, 2.24) is 14.8 Å². The van der Waals surface area contributed by atoms with Gasteiger partial charge in [-0.2, -0.15) is 5.10 Å². The molecule has 9 nitrogen and oxygen atoms in total. The van der Waals surface area contributed by atoms with Crippen LogP contribution in [-0.4, -0.2) is 60.0 Å². The topological polar surface area (TPSA) is 112 Å². The molecule has 2 aromatic rings. The Morgan fingerprint density at radius 2 is 2.03 bits per heavy atom. The second-order valence-electron chi connectivity index (χ2n) is 7.93. The van der Waals surface area contributed by atoms with Crippen molar-refractivity contribution in [3.05, 3.63) is 45.7 Å². The van der Waals surface area contributed by atoms with Crippen LogP contribution < -0.4 is 15.6 Å². The molecule has 1 aliphatic carbocycles. The third kappa shape index (κ3) is 5.21. The number of aromatic nitrogens is 3. The van der Waals surface area contributed by atoms with Gasteiger partial charge in [-0.25, -0.2) is 22.5 Å². The number of hydrogen-bond donors (Lipinski definition) is 1. The zero-order chi connectivity index (χ0) is 22.7. The monoisotopic (exact) mass is 486 g/mol. The highest BCUT2D eigenvalue weighted by Gasteiger charge is 2.30. The highest BCUT2D eigenvalue weighted by Crippen LogP contribution is 2.30. The zero-order valence-corrected chi connectivity index (χ0v) is 18.8. The van der Waals surface area contributed by atoms with E-state index in [0.717, 1.165) is 6.20 Å². The molecule has 3 heterocycles. The molecule has 2 aromatic heterocycles. The molecule has 0 aromatic carbocycles. The van der Waals surface area contributed by atoms with Gasteiger partial charge < -0.3 is 14.8 Å². The second kappa shape index (κ2) is 9.72. The fraction of sp³-hybridized carbons (Fsp3) is 0.550. The standard InChI is InChI=1S/C20H24ClFN4O5S/c21-19-17(23-10-16-12-30-7-8-32(16,28)29)11-25-26(20(19)27)14-2-4-15(5-3-14)31-18-6-1-13(22)9-24-18/h1,6,9,11,14-16,23H,2-5,7-8,10,12H2/t14-,15-,16-/m0/s1. The van der Waals surface area contributed by atoms with E-state index in [0.29, 0.717) is 37.3 Å². The summed E-state index contributed by atoms with van der Waals surface area (Å²) in [6.45, 7) is 0.397. The molecular weight excluding hydrogens is 463 g/mol. The van der Waals surface area contributed by atoms with Crippen LogP contribution in [0.1, 0.15) is 31.7 Å². The minimum absolute atomic E-state index is 0.0173. The van der Waals surface area contributed by atoms with Gasteiger partial charge in [-0.05, 0) is 31.7 Å². The number of nitrogens with zero attached hydrogens (tertiary/aromatic N) is 3.